The fourth-order valence-corrected chi connectivity index (χ4v) is 2.07. The van der Waals surface area contributed by atoms with Crippen LogP contribution in [0.1, 0.15) is 25.5 Å². The molecule has 2 rings (SSSR count). The van der Waals surface area contributed by atoms with Crippen molar-refractivity contribution in [2.75, 3.05) is 13.1 Å². The van der Waals surface area contributed by atoms with E-state index in [1.54, 1.807) is 0 Å². The minimum Gasteiger partial charge on any atom is -0.351 e. The third-order valence-corrected chi connectivity index (χ3v) is 2.85. The fourth-order valence-electron chi connectivity index (χ4n) is 2.07. The molecule has 2 heterocycles. The van der Waals surface area contributed by atoms with Gasteiger partial charge in [-0.25, -0.2) is 0 Å². The smallest absolute Gasteiger partial charge is 0.0387 e. The Morgan fingerprint density at radius 1 is 1.31 bits per heavy atom. The van der Waals surface area contributed by atoms with E-state index in [1.165, 1.54) is 31.6 Å². The van der Waals surface area contributed by atoms with E-state index in [4.69, 9.17) is 0 Å². The van der Waals surface area contributed by atoms with Gasteiger partial charge >= 0.3 is 0 Å². The highest BCUT2D eigenvalue weighted by Crippen LogP contribution is 2.12. The van der Waals surface area contributed by atoms with Crippen LogP contribution in [-0.4, -0.2) is 22.6 Å². The van der Waals surface area contributed by atoms with E-state index >= 15 is 0 Å². The van der Waals surface area contributed by atoms with E-state index in [1.807, 2.05) is 0 Å². The van der Waals surface area contributed by atoms with E-state index < -0.39 is 0 Å². The fraction of sp³-hybridized carbons (Fsp3) is 0.636. The first kappa shape index (κ1) is 8.82. The van der Waals surface area contributed by atoms with E-state index in [0.29, 0.717) is 0 Å². The SMILES string of the molecule is CCn1cccc1CN1CCCC1. The molecule has 1 aromatic heterocycles. The van der Waals surface area contributed by atoms with E-state index in [2.05, 4.69) is 34.7 Å². The summed E-state index contributed by atoms with van der Waals surface area (Å²) in [5.74, 6) is 0. The molecule has 1 aliphatic heterocycles. The van der Waals surface area contributed by atoms with Crippen molar-refractivity contribution in [3.8, 4) is 0 Å². The number of likely N-dealkylation sites (tertiary alicyclic amines) is 1. The van der Waals surface area contributed by atoms with Gasteiger partial charge in [0.05, 0.1) is 0 Å². The van der Waals surface area contributed by atoms with Crippen molar-refractivity contribution in [2.45, 2.75) is 32.9 Å². The number of aromatic nitrogens is 1. The average molecular weight is 178 g/mol. The summed E-state index contributed by atoms with van der Waals surface area (Å²) < 4.78 is 2.33. The van der Waals surface area contributed by atoms with Crippen LogP contribution < -0.4 is 0 Å². The van der Waals surface area contributed by atoms with Crippen LogP contribution in [0.15, 0.2) is 18.3 Å². The zero-order valence-corrected chi connectivity index (χ0v) is 8.37. The molecule has 0 spiro atoms. The molecule has 2 heteroatoms. The van der Waals surface area contributed by atoms with Gasteiger partial charge in [-0.3, -0.25) is 4.90 Å². The van der Waals surface area contributed by atoms with Gasteiger partial charge in [0.25, 0.3) is 0 Å². The zero-order chi connectivity index (χ0) is 9.10. The van der Waals surface area contributed by atoms with Gasteiger partial charge in [-0.1, -0.05) is 0 Å². The van der Waals surface area contributed by atoms with Crippen molar-refractivity contribution in [3.63, 3.8) is 0 Å². The molecule has 0 unspecified atom stereocenters. The molecular weight excluding hydrogens is 160 g/mol. The number of nitrogens with zero attached hydrogens (tertiary/aromatic N) is 2. The molecule has 2 nitrogen and oxygen atoms in total. The summed E-state index contributed by atoms with van der Waals surface area (Å²) in [6.07, 6.45) is 4.94. The summed E-state index contributed by atoms with van der Waals surface area (Å²) in [6.45, 7) is 7.01. The second kappa shape index (κ2) is 3.97. The standard InChI is InChI=1S/C11H18N2/c1-2-13-9-5-6-11(13)10-12-7-3-4-8-12/h5-6,9H,2-4,7-8,10H2,1H3. The van der Waals surface area contributed by atoms with Crippen LogP contribution >= 0.6 is 0 Å². The Kier molecular flexibility index (Phi) is 2.69. The third-order valence-electron chi connectivity index (χ3n) is 2.85. The van der Waals surface area contributed by atoms with Crippen molar-refractivity contribution in [1.29, 1.82) is 0 Å². The van der Waals surface area contributed by atoms with Crippen molar-refractivity contribution in [3.05, 3.63) is 24.0 Å². The van der Waals surface area contributed by atoms with Crippen LogP contribution in [0.25, 0.3) is 0 Å². The molecule has 72 valence electrons. The van der Waals surface area contributed by atoms with Crippen LogP contribution in [0.3, 0.4) is 0 Å². The van der Waals surface area contributed by atoms with Gasteiger partial charge in [0, 0.05) is 25.0 Å². The first-order valence-electron chi connectivity index (χ1n) is 5.26. The first-order valence-corrected chi connectivity index (χ1v) is 5.26. The summed E-state index contributed by atoms with van der Waals surface area (Å²) in [7, 11) is 0. The molecular formula is C11H18N2. The number of rotatable bonds is 3. The average Bonchev–Trinajstić information content (AvgIpc) is 2.76. The van der Waals surface area contributed by atoms with Crippen molar-refractivity contribution >= 4 is 0 Å². The Bertz CT molecular complexity index is 259. The van der Waals surface area contributed by atoms with Gasteiger partial charge in [0.1, 0.15) is 0 Å². The summed E-state index contributed by atoms with van der Waals surface area (Å²) in [4.78, 5) is 2.54. The summed E-state index contributed by atoms with van der Waals surface area (Å²) in [6, 6.07) is 4.39. The van der Waals surface area contributed by atoms with Gasteiger partial charge in [-0.05, 0) is 45.0 Å². The summed E-state index contributed by atoms with van der Waals surface area (Å²) in [5.41, 5.74) is 1.46. The van der Waals surface area contributed by atoms with Crippen LogP contribution in [0.2, 0.25) is 0 Å². The van der Waals surface area contributed by atoms with Crippen LogP contribution in [0.5, 0.6) is 0 Å². The lowest BCUT2D eigenvalue weighted by atomic mass is 10.4. The topological polar surface area (TPSA) is 8.17 Å². The van der Waals surface area contributed by atoms with Crippen molar-refractivity contribution in [1.82, 2.24) is 9.47 Å². The Balaban J connectivity index is 1.99. The molecule has 0 N–H and O–H groups in total. The maximum absolute atomic E-state index is 2.54. The molecule has 0 bridgehead atoms. The van der Waals surface area contributed by atoms with Crippen molar-refractivity contribution < 1.29 is 0 Å². The third kappa shape index (κ3) is 1.94. The predicted molar refractivity (Wildman–Crippen MR) is 54.6 cm³/mol. The predicted octanol–water partition coefficient (Wildman–Crippen LogP) is 2.10. The molecule has 1 aliphatic rings. The van der Waals surface area contributed by atoms with Gasteiger partial charge in [-0.2, -0.15) is 0 Å². The lowest BCUT2D eigenvalue weighted by Gasteiger charge is -2.15. The van der Waals surface area contributed by atoms with Crippen LogP contribution in [0, 0.1) is 0 Å². The van der Waals surface area contributed by atoms with Gasteiger partial charge in [0.15, 0.2) is 0 Å². The minimum absolute atomic E-state index is 1.09. The molecule has 0 atom stereocenters. The molecule has 1 aromatic rings. The molecule has 1 saturated heterocycles. The first-order chi connectivity index (χ1) is 6.40. The summed E-state index contributed by atoms with van der Waals surface area (Å²) >= 11 is 0. The minimum atomic E-state index is 1.09. The highest BCUT2D eigenvalue weighted by molar-refractivity contribution is 5.07. The maximum atomic E-state index is 2.54. The Labute approximate surface area is 80.2 Å². The Morgan fingerprint density at radius 2 is 2.08 bits per heavy atom. The van der Waals surface area contributed by atoms with Crippen molar-refractivity contribution in [2.24, 2.45) is 0 Å². The second-order valence-electron chi connectivity index (χ2n) is 3.77. The summed E-state index contributed by atoms with van der Waals surface area (Å²) in [5, 5.41) is 0. The molecule has 0 aromatic carbocycles. The van der Waals surface area contributed by atoms with E-state index in [9.17, 15) is 0 Å². The Morgan fingerprint density at radius 3 is 2.77 bits per heavy atom. The molecule has 1 fully saturated rings. The second-order valence-corrected chi connectivity index (χ2v) is 3.77. The van der Waals surface area contributed by atoms with Crippen LogP contribution in [0.4, 0.5) is 0 Å². The number of aryl methyl sites for hydroxylation is 1. The Hall–Kier alpha value is -0.760. The molecule has 0 amide bonds. The molecule has 13 heavy (non-hydrogen) atoms. The molecule has 0 radical (unpaired) electrons. The highest BCUT2D eigenvalue weighted by atomic mass is 15.2. The van der Waals surface area contributed by atoms with Gasteiger partial charge in [0.2, 0.25) is 0 Å². The van der Waals surface area contributed by atoms with Gasteiger partial charge < -0.3 is 4.57 Å². The number of hydrogen-bond acceptors (Lipinski definition) is 1. The number of hydrogen-bond donors (Lipinski definition) is 0. The maximum Gasteiger partial charge on any atom is 0.0387 e. The highest BCUT2D eigenvalue weighted by Gasteiger charge is 2.12. The molecule has 0 aliphatic carbocycles. The normalized spacial score (nSPS) is 18.2. The lowest BCUT2D eigenvalue weighted by Crippen LogP contribution is -2.20. The lowest BCUT2D eigenvalue weighted by molar-refractivity contribution is 0.322. The monoisotopic (exact) mass is 178 g/mol. The van der Waals surface area contributed by atoms with E-state index in [-0.39, 0.29) is 0 Å². The van der Waals surface area contributed by atoms with Crippen LogP contribution in [-0.2, 0) is 13.1 Å². The zero-order valence-electron chi connectivity index (χ0n) is 8.37. The van der Waals surface area contributed by atoms with Gasteiger partial charge in [-0.15, -0.1) is 0 Å². The largest absolute Gasteiger partial charge is 0.351 e. The molecule has 0 saturated carbocycles. The van der Waals surface area contributed by atoms with E-state index in [0.717, 1.165) is 13.1 Å². The quantitative estimate of drug-likeness (QED) is 0.688.